The molecule has 8 heteroatoms. The summed E-state index contributed by atoms with van der Waals surface area (Å²) in [5.41, 5.74) is 0.787. The van der Waals surface area contributed by atoms with Gasteiger partial charge >= 0.3 is 5.97 Å². The molecule has 0 spiro atoms. The molecular weight excluding hydrogens is 372 g/mol. The number of thiazole rings is 1. The number of hydrogen-bond acceptors (Lipinski definition) is 7. The predicted molar refractivity (Wildman–Crippen MR) is 102 cm³/mol. The van der Waals surface area contributed by atoms with Gasteiger partial charge < -0.3 is 14.8 Å². The Morgan fingerprint density at radius 1 is 1.15 bits per heavy atom. The number of hydrogen-bond donors (Lipinski definition) is 1. The fourth-order valence-corrected chi connectivity index (χ4v) is 3.68. The summed E-state index contributed by atoms with van der Waals surface area (Å²) in [5.74, 6) is -0.355. The lowest BCUT2D eigenvalue weighted by atomic mass is 10.3. The maximum absolute atomic E-state index is 12.2. The van der Waals surface area contributed by atoms with E-state index in [1.807, 2.05) is 17.5 Å². The molecule has 0 aliphatic heterocycles. The van der Waals surface area contributed by atoms with Crippen LogP contribution < -0.4 is 10.1 Å². The molecule has 0 bridgehead atoms. The van der Waals surface area contributed by atoms with Gasteiger partial charge in [-0.15, -0.1) is 22.7 Å². The van der Waals surface area contributed by atoms with Crippen molar-refractivity contribution in [2.45, 2.75) is 13.0 Å². The van der Waals surface area contributed by atoms with Crippen molar-refractivity contribution in [2.24, 2.45) is 0 Å². The van der Waals surface area contributed by atoms with Gasteiger partial charge in [0.15, 0.2) is 11.8 Å². The van der Waals surface area contributed by atoms with Crippen LogP contribution in [0.15, 0.2) is 47.2 Å². The highest BCUT2D eigenvalue weighted by Crippen LogP contribution is 2.28. The summed E-state index contributed by atoms with van der Waals surface area (Å²) < 4.78 is 10.3. The molecule has 0 aliphatic rings. The van der Waals surface area contributed by atoms with E-state index in [9.17, 15) is 9.59 Å². The molecule has 134 valence electrons. The first-order chi connectivity index (χ1) is 12.6. The van der Waals surface area contributed by atoms with Gasteiger partial charge in [0.05, 0.1) is 12.0 Å². The number of thiophene rings is 1. The highest BCUT2D eigenvalue weighted by molar-refractivity contribution is 7.20. The summed E-state index contributed by atoms with van der Waals surface area (Å²) in [4.78, 5) is 29.7. The van der Waals surface area contributed by atoms with E-state index in [0.717, 1.165) is 9.88 Å². The van der Waals surface area contributed by atoms with Crippen LogP contribution in [0.5, 0.6) is 5.75 Å². The summed E-state index contributed by atoms with van der Waals surface area (Å²) in [6.07, 6.45) is -0.948. The minimum absolute atomic E-state index is 0.197. The number of nitrogens with one attached hydrogen (secondary N) is 1. The number of anilines is 1. The van der Waals surface area contributed by atoms with Crippen LogP contribution in [0, 0.1) is 0 Å². The predicted octanol–water partition coefficient (Wildman–Crippen LogP) is 4.06. The summed E-state index contributed by atoms with van der Waals surface area (Å²) in [7, 11) is 1.57. The van der Waals surface area contributed by atoms with Crippen molar-refractivity contribution in [2.75, 3.05) is 12.4 Å². The van der Waals surface area contributed by atoms with Gasteiger partial charge in [0.1, 0.15) is 10.8 Å². The Labute approximate surface area is 158 Å². The maximum Gasteiger partial charge on any atom is 0.358 e. The van der Waals surface area contributed by atoms with Crippen molar-refractivity contribution in [1.82, 2.24) is 4.98 Å². The molecule has 0 saturated heterocycles. The van der Waals surface area contributed by atoms with Crippen LogP contribution in [-0.2, 0) is 9.53 Å². The van der Waals surface area contributed by atoms with Gasteiger partial charge in [0.2, 0.25) is 0 Å². The Morgan fingerprint density at radius 2 is 1.92 bits per heavy atom. The van der Waals surface area contributed by atoms with Crippen molar-refractivity contribution in [3.63, 3.8) is 0 Å². The topological polar surface area (TPSA) is 77.5 Å². The molecule has 6 nitrogen and oxygen atoms in total. The molecule has 0 radical (unpaired) electrons. The molecule has 0 aliphatic carbocycles. The number of nitrogens with zero attached hydrogens (tertiary/aromatic N) is 1. The van der Waals surface area contributed by atoms with E-state index in [2.05, 4.69) is 10.3 Å². The van der Waals surface area contributed by atoms with Gasteiger partial charge in [-0.2, -0.15) is 0 Å². The summed E-state index contributed by atoms with van der Waals surface area (Å²) in [6.45, 7) is 1.52. The second-order valence-electron chi connectivity index (χ2n) is 5.28. The van der Waals surface area contributed by atoms with Gasteiger partial charge in [-0.1, -0.05) is 6.07 Å². The lowest BCUT2D eigenvalue weighted by Gasteiger charge is -2.13. The maximum atomic E-state index is 12.2. The summed E-state index contributed by atoms with van der Waals surface area (Å²) >= 11 is 2.91. The molecule has 2 heterocycles. The molecular formula is C18H16N2O4S2. The van der Waals surface area contributed by atoms with Crippen molar-refractivity contribution < 1.29 is 19.1 Å². The lowest BCUT2D eigenvalue weighted by molar-refractivity contribution is -0.123. The number of carbonyl (C=O) groups excluding carboxylic acids is 2. The Morgan fingerprint density at radius 3 is 2.58 bits per heavy atom. The molecule has 3 rings (SSSR count). The Hall–Kier alpha value is -2.71. The first-order valence-electron chi connectivity index (χ1n) is 7.72. The van der Waals surface area contributed by atoms with E-state index in [1.54, 1.807) is 48.1 Å². The fourth-order valence-electron chi connectivity index (χ4n) is 2.07. The Kier molecular flexibility index (Phi) is 5.65. The summed E-state index contributed by atoms with van der Waals surface area (Å²) in [5, 5.41) is 7.02. The molecule has 1 N–H and O–H groups in total. The van der Waals surface area contributed by atoms with Gasteiger partial charge in [-0.25, -0.2) is 9.78 Å². The van der Waals surface area contributed by atoms with E-state index in [4.69, 9.17) is 9.47 Å². The lowest BCUT2D eigenvalue weighted by Crippen LogP contribution is -2.30. The van der Waals surface area contributed by atoms with Crippen LogP contribution in [0.2, 0.25) is 0 Å². The largest absolute Gasteiger partial charge is 0.497 e. The highest BCUT2D eigenvalue weighted by Gasteiger charge is 2.21. The zero-order valence-electron chi connectivity index (χ0n) is 14.1. The summed E-state index contributed by atoms with van der Waals surface area (Å²) in [6, 6.07) is 10.7. The number of rotatable bonds is 6. The van der Waals surface area contributed by atoms with Gasteiger partial charge in [0.25, 0.3) is 5.91 Å². The third-order valence-corrected chi connectivity index (χ3v) is 5.34. The number of esters is 1. The number of amides is 1. The Balaban J connectivity index is 1.58. The second-order valence-corrected chi connectivity index (χ2v) is 7.09. The average Bonchev–Trinajstić information content (AvgIpc) is 3.33. The number of ether oxygens (including phenoxy) is 2. The fraction of sp³-hybridized carbons (Fsp3) is 0.167. The van der Waals surface area contributed by atoms with E-state index in [0.29, 0.717) is 11.4 Å². The molecule has 1 amide bonds. The van der Waals surface area contributed by atoms with Crippen LogP contribution in [0.4, 0.5) is 5.69 Å². The third kappa shape index (κ3) is 4.27. The van der Waals surface area contributed by atoms with E-state index >= 15 is 0 Å². The zero-order chi connectivity index (χ0) is 18.5. The minimum Gasteiger partial charge on any atom is -0.497 e. The van der Waals surface area contributed by atoms with E-state index in [1.165, 1.54) is 18.3 Å². The van der Waals surface area contributed by atoms with Crippen LogP contribution in [-0.4, -0.2) is 30.1 Å². The Bertz CT molecular complexity index is 888. The molecule has 0 fully saturated rings. The molecule has 26 heavy (non-hydrogen) atoms. The average molecular weight is 388 g/mol. The molecule has 1 unspecified atom stereocenters. The minimum atomic E-state index is -0.948. The number of aromatic nitrogens is 1. The number of benzene rings is 1. The van der Waals surface area contributed by atoms with Gasteiger partial charge in [-0.3, -0.25) is 4.79 Å². The number of carbonyl (C=O) groups is 2. The molecule has 2 aromatic heterocycles. The van der Waals surface area contributed by atoms with E-state index in [-0.39, 0.29) is 5.69 Å². The zero-order valence-corrected chi connectivity index (χ0v) is 15.7. The van der Waals surface area contributed by atoms with E-state index < -0.39 is 18.0 Å². The normalized spacial score (nSPS) is 11.6. The molecule has 1 aromatic carbocycles. The first-order valence-corrected chi connectivity index (χ1v) is 9.48. The van der Waals surface area contributed by atoms with Crippen LogP contribution >= 0.6 is 22.7 Å². The first kappa shape index (κ1) is 18.1. The third-order valence-electron chi connectivity index (χ3n) is 3.46. The second kappa shape index (κ2) is 8.11. The van der Waals surface area contributed by atoms with Crippen LogP contribution in [0.25, 0.3) is 9.88 Å². The van der Waals surface area contributed by atoms with Crippen molar-refractivity contribution in [3.05, 3.63) is 52.9 Å². The highest BCUT2D eigenvalue weighted by atomic mass is 32.1. The molecule has 3 aromatic rings. The van der Waals surface area contributed by atoms with Crippen LogP contribution in [0.1, 0.15) is 17.4 Å². The SMILES string of the molecule is COc1ccc(NC(=O)C(C)OC(=O)c2csc(-c3cccs3)n2)cc1. The van der Waals surface area contributed by atoms with Crippen molar-refractivity contribution in [1.29, 1.82) is 0 Å². The van der Waals surface area contributed by atoms with Crippen molar-refractivity contribution >= 4 is 40.2 Å². The molecule has 1 atom stereocenters. The monoisotopic (exact) mass is 388 g/mol. The van der Waals surface area contributed by atoms with Gasteiger partial charge in [-0.05, 0) is 42.6 Å². The smallest absolute Gasteiger partial charge is 0.358 e. The number of methoxy groups -OCH3 is 1. The van der Waals surface area contributed by atoms with Crippen LogP contribution in [0.3, 0.4) is 0 Å². The van der Waals surface area contributed by atoms with Crippen molar-refractivity contribution in [3.8, 4) is 15.6 Å². The molecule has 0 saturated carbocycles. The van der Waals surface area contributed by atoms with Gasteiger partial charge in [0, 0.05) is 11.1 Å². The quantitative estimate of drug-likeness (QED) is 0.644. The standard InChI is InChI=1S/C18H16N2O4S2/c1-11(16(21)19-12-5-7-13(23-2)8-6-12)24-18(22)14-10-26-17(20-14)15-4-3-9-25-15/h3-11H,1-2H3,(H,19,21).